The summed E-state index contributed by atoms with van der Waals surface area (Å²) < 4.78 is 7.80. The van der Waals surface area contributed by atoms with E-state index in [1.165, 1.54) is 18.6 Å². The van der Waals surface area contributed by atoms with E-state index in [0.29, 0.717) is 35.5 Å². The van der Waals surface area contributed by atoms with Gasteiger partial charge in [-0.25, -0.2) is 4.79 Å². The zero-order valence-electron chi connectivity index (χ0n) is 14.0. The number of Topliss-reactive ketones (excluding diaryl/α,β-unsaturated/α-hetero) is 1. The van der Waals surface area contributed by atoms with E-state index < -0.39 is 11.2 Å². The van der Waals surface area contributed by atoms with E-state index in [4.69, 9.17) is 4.74 Å². The quantitative estimate of drug-likeness (QED) is 0.777. The molecule has 0 aliphatic carbocycles. The second-order valence-corrected chi connectivity index (χ2v) is 5.95. The van der Waals surface area contributed by atoms with Crippen molar-refractivity contribution in [1.29, 1.82) is 5.26 Å². The third kappa shape index (κ3) is 2.76. The van der Waals surface area contributed by atoms with Gasteiger partial charge in [0, 0.05) is 23.4 Å². The molecule has 1 aliphatic heterocycles. The van der Waals surface area contributed by atoms with Crippen molar-refractivity contribution in [3.8, 4) is 11.8 Å². The maximum atomic E-state index is 12.7. The summed E-state index contributed by atoms with van der Waals surface area (Å²) in [4.78, 5) is 36.9. The first kappa shape index (κ1) is 16.7. The van der Waals surface area contributed by atoms with Gasteiger partial charge in [0.25, 0.3) is 5.56 Å². The Hall–Kier alpha value is -3.14. The lowest BCUT2D eigenvalue weighted by molar-refractivity contribution is 0.101. The van der Waals surface area contributed by atoms with E-state index in [-0.39, 0.29) is 17.9 Å². The van der Waals surface area contributed by atoms with Crippen LogP contribution in [-0.4, -0.2) is 22.0 Å². The summed E-state index contributed by atoms with van der Waals surface area (Å²) in [5.41, 5.74) is 0.488. The van der Waals surface area contributed by atoms with Crippen LogP contribution in [0.25, 0.3) is 0 Å². The largest absolute Gasteiger partial charge is 0.496 e. The van der Waals surface area contributed by atoms with E-state index in [0.717, 1.165) is 11.0 Å². The van der Waals surface area contributed by atoms with Crippen molar-refractivity contribution in [3.05, 3.63) is 61.4 Å². The van der Waals surface area contributed by atoms with Crippen LogP contribution >= 0.6 is 0 Å². The third-order valence-corrected chi connectivity index (χ3v) is 4.46. The monoisotopic (exact) mass is 339 g/mol. The Morgan fingerprint density at radius 2 is 2.12 bits per heavy atom. The smallest absolute Gasteiger partial charge is 0.331 e. The fourth-order valence-corrected chi connectivity index (χ4v) is 3.18. The molecule has 3 rings (SSSR count). The van der Waals surface area contributed by atoms with Crippen molar-refractivity contribution in [2.75, 3.05) is 7.11 Å². The summed E-state index contributed by atoms with van der Waals surface area (Å²) in [5, 5.41) is 9.33. The molecule has 1 aromatic heterocycles. The van der Waals surface area contributed by atoms with Crippen molar-refractivity contribution in [1.82, 2.24) is 9.13 Å². The van der Waals surface area contributed by atoms with Gasteiger partial charge in [0.1, 0.15) is 17.4 Å². The molecule has 0 bridgehead atoms. The molecule has 2 aromatic rings. The molecule has 0 amide bonds. The number of ketones is 1. The number of ether oxygens (including phenoxy) is 1. The van der Waals surface area contributed by atoms with Gasteiger partial charge in [0.2, 0.25) is 0 Å². The van der Waals surface area contributed by atoms with Gasteiger partial charge in [0.05, 0.1) is 13.7 Å². The number of carbonyl (C=O) groups excluding carboxylic acids is 1. The summed E-state index contributed by atoms with van der Waals surface area (Å²) in [5.74, 6) is 0.347. The van der Waals surface area contributed by atoms with Gasteiger partial charge in [-0.15, -0.1) is 0 Å². The highest BCUT2D eigenvalue weighted by molar-refractivity contribution is 5.94. The van der Waals surface area contributed by atoms with Crippen molar-refractivity contribution in [3.63, 3.8) is 0 Å². The molecule has 0 N–H and O–H groups in total. The minimum atomic E-state index is -0.601. The van der Waals surface area contributed by atoms with Gasteiger partial charge in [-0.3, -0.25) is 18.7 Å². The Balaban J connectivity index is 2.19. The topological polar surface area (TPSA) is 94.1 Å². The Labute approximate surface area is 143 Å². The normalized spacial score (nSPS) is 12.5. The number of nitriles is 1. The predicted molar refractivity (Wildman–Crippen MR) is 90.1 cm³/mol. The SMILES string of the molecule is COc1ccc(C(C)=O)cc1Cn1c(=O)c(C#N)c2n(c1=O)CCC2. The Morgan fingerprint density at radius 1 is 1.36 bits per heavy atom. The van der Waals surface area contributed by atoms with E-state index in [1.54, 1.807) is 18.2 Å². The standard InChI is InChI=1S/C18H17N3O4/c1-11(22)12-5-6-16(25-2)13(8-12)10-21-17(23)14(9-19)15-4-3-7-20(15)18(21)24/h5-6,8H,3-4,7,10H2,1-2H3. The number of methoxy groups -OCH3 is 1. The number of benzene rings is 1. The third-order valence-electron chi connectivity index (χ3n) is 4.46. The second kappa shape index (κ2) is 6.40. The molecular weight excluding hydrogens is 322 g/mol. The molecule has 0 radical (unpaired) electrons. The van der Waals surface area contributed by atoms with E-state index in [2.05, 4.69) is 0 Å². The van der Waals surface area contributed by atoms with Gasteiger partial charge < -0.3 is 4.74 Å². The zero-order valence-corrected chi connectivity index (χ0v) is 14.0. The van der Waals surface area contributed by atoms with Gasteiger partial charge in [-0.2, -0.15) is 5.26 Å². The summed E-state index contributed by atoms with van der Waals surface area (Å²) in [6, 6.07) is 6.80. The molecule has 0 fully saturated rings. The number of hydrogen-bond donors (Lipinski definition) is 0. The molecule has 0 atom stereocenters. The highest BCUT2D eigenvalue weighted by Gasteiger charge is 2.23. The van der Waals surface area contributed by atoms with E-state index in [1.807, 2.05) is 6.07 Å². The lowest BCUT2D eigenvalue weighted by Gasteiger charge is -2.14. The van der Waals surface area contributed by atoms with E-state index in [9.17, 15) is 19.6 Å². The maximum Gasteiger partial charge on any atom is 0.331 e. The number of hydrogen-bond acceptors (Lipinski definition) is 5. The van der Waals surface area contributed by atoms with Crippen molar-refractivity contribution in [2.45, 2.75) is 32.9 Å². The molecule has 7 heteroatoms. The average Bonchev–Trinajstić information content (AvgIpc) is 3.08. The van der Waals surface area contributed by atoms with Gasteiger partial charge in [-0.05, 0) is 38.0 Å². The molecule has 25 heavy (non-hydrogen) atoms. The number of aromatic nitrogens is 2. The predicted octanol–water partition coefficient (Wildman–Crippen LogP) is 1.09. The molecule has 0 saturated carbocycles. The van der Waals surface area contributed by atoms with Crippen LogP contribution in [-0.2, 0) is 19.5 Å². The summed E-state index contributed by atoms with van der Waals surface area (Å²) in [6.07, 6.45) is 1.29. The fraction of sp³-hybridized carbons (Fsp3) is 0.333. The molecule has 0 spiro atoms. The van der Waals surface area contributed by atoms with Crippen molar-refractivity contribution >= 4 is 5.78 Å². The Morgan fingerprint density at radius 3 is 2.76 bits per heavy atom. The van der Waals surface area contributed by atoms with Crippen LogP contribution in [0, 0.1) is 11.3 Å². The molecule has 7 nitrogen and oxygen atoms in total. The summed E-state index contributed by atoms with van der Waals surface area (Å²) in [6.45, 7) is 1.88. The van der Waals surface area contributed by atoms with Gasteiger partial charge in [-0.1, -0.05) is 0 Å². The lowest BCUT2D eigenvalue weighted by atomic mass is 10.1. The van der Waals surface area contributed by atoms with Crippen LogP contribution in [0.3, 0.4) is 0 Å². The van der Waals surface area contributed by atoms with Crippen LogP contribution in [0.15, 0.2) is 27.8 Å². The molecule has 1 aromatic carbocycles. The van der Waals surface area contributed by atoms with Crippen LogP contribution in [0.4, 0.5) is 0 Å². The summed E-state index contributed by atoms with van der Waals surface area (Å²) in [7, 11) is 1.48. The number of nitrogens with zero attached hydrogens (tertiary/aromatic N) is 3. The second-order valence-electron chi connectivity index (χ2n) is 5.95. The summed E-state index contributed by atoms with van der Waals surface area (Å²) >= 11 is 0. The highest BCUT2D eigenvalue weighted by atomic mass is 16.5. The van der Waals surface area contributed by atoms with Gasteiger partial charge >= 0.3 is 5.69 Å². The molecule has 128 valence electrons. The molecule has 0 saturated heterocycles. The number of rotatable bonds is 4. The lowest BCUT2D eigenvalue weighted by Crippen LogP contribution is -2.42. The first-order valence-corrected chi connectivity index (χ1v) is 7.92. The Bertz CT molecular complexity index is 1020. The first-order valence-electron chi connectivity index (χ1n) is 7.92. The van der Waals surface area contributed by atoms with Crippen LogP contribution in [0.5, 0.6) is 5.75 Å². The van der Waals surface area contributed by atoms with Crippen molar-refractivity contribution in [2.24, 2.45) is 0 Å². The highest BCUT2D eigenvalue weighted by Crippen LogP contribution is 2.21. The van der Waals surface area contributed by atoms with E-state index >= 15 is 0 Å². The zero-order chi connectivity index (χ0) is 18.1. The molecule has 2 heterocycles. The molecule has 0 unspecified atom stereocenters. The molecular formula is C18H17N3O4. The fourth-order valence-electron chi connectivity index (χ4n) is 3.18. The van der Waals surface area contributed by atoms with Gasteiger partial charge in [0.15, 0.2) is 5.78 Å². The Kier molecular flexibility index (Phi) is 4.28. The first-order chi connectivity index (χ1) is 12.0. The minimum Gasteiger partial charge on any atom is -0.496 e. The number of carbonyl (C=O) groups is 1. The molecule has 1 aliphatic rings. The minimum absolute atomic E-state index is 0.0128. The van der Waals surface area contributed by atoms with Crippen LogP contribution in [0.1, 0.15) is 40.5 Å². The van der Waals surface area contributed by atoms with Crippen molar-refractivity contribution < 1.29 is 9.53 Å². The average molecular weight is 339 g/mol. The maximum absolute atomic E-state index is 12.7. The van der Waals surface area contributed by atoms with Crippen LogP contribution in [0.2, 0.25) is 0 Å². The van der Waals surface area contributed by atoms with Crippen LogP contribution < -0.4 is 16.0 Å². The number of fused-ring (bicyclic) bond motifs is 1.